The molecular formula is C16H14N2O3. The first-order valence-electron chi connectivity index (χ1n) is 6.27. The highest BCUT2D eigenvalue weighted by Crippen LogP contribution is 2.23. The van der Waals surface area contributed by atoms with E-state index in [4.69, 9.17) is 9.47 Å². The van der Waals surface area contributed by atoms with Gasteiger partial charge in [0.05, 0.1) is 20.3 Å². The number of carbonyl (C=O) groups excluding carboxylic acids is 1. The lowest BCUT2D eigenvalue weighted by atomic mass is 9.92. The Morgan fingerprint density at radius 1 is 1.14 bits per heavy atom. The van der Waals surface area contributed by atoms with E-state index in [-0.39, 0.29) is 5.78 Å². The second-order valence-corrected chi connectivity index (χ2v) is 4.29. The number of hydrogen-bond donors (Lipinski definition) is 0. The number of nitrogens with zero attached hydrogens (tertiary/aromatic N) is 2. The Labute approximate surface area is 122 Å². The average Bonchev–Trinajstić information content (AvgIpc) is 2.56. The Balaban J connectivity index is 2.26. The van der Waals surface area contributed by atoms with Crippen LogP contribution >= 0.6 is 0 Å². The molecule has 1 aromatic carbocycles. The lowest BCUT2D eigenvalue weighted by Crippen LogP contribution is -2.11. The molecule has 0 aliphatic heterocycles. The molecule has 0 N–H and O–H groups in total. The van der Waals surface area contributed by atoms with Gasteiger partial charge in [0, 0.05) is 17.8 Å². The number of hydrogen-bond acceptors (Lipinski definition) is 5. The third kappa shape index (κ3) is 3.18. The Bertz CT molecular complexity index is 657. The van der Waals surface area contributed by atoms with E-state index in [1.807, 2.05) is 6.07 Å². The van der Waals surface area contributed by atoms with E-state index in [1.165, 1.54) is 13.3 Å². The molecule has 1 unspecified atom stereocenters. The fourth-order valence-electron chi connectivity index (χ4n) is 1.89. The van der Waals surface area contributed by atoms with Gasteiger partial charge in [0.2, 0.25) is 5.88 Å². The van der Waals surface area contributed by atoms with Gasteiger partial charge in [-0.3, -0.25) is 4.79 Å². The fourth-order valence-corrected chi connectivity index (χ4v) is 1.89. The summed E-state index contributed by atoms with van der Waals surface area (Å²) in [5.41, 5.74) is 0.997. The normalized spacial score (nSPS) is 11.3. The molecule has 21 heavy (non-hydrogen) atoms. The number of ketones is 1. The van der Waals surface area contributed by atoms with Crippen molar-refractivity contribution in [1.82, 2.24) is 4.98 Å². The molecule has 2 rings (SSSR count). The van der Waals surface area contributed by atoms with E-state index >= 15 is 0 Å². The minimum absolute atomic E-state index is 0.294. The number of pyridine rings is 1. The van der Waals surface area contributed by atoms with Crippen molar-refractivity contribution in [2.24, 2.45) is 0 Å². The molecule has 0 aliphatic carbocycles. The topological polar surface area (TPSA) is 72.2 Å². The second kappa shape index (κ2) is 6.53. The van der Waals surface area contributed by atoms with E-state index in [2.05, 4.69) is 4.98 Å². The summed E-state index contributed by atoms with van der Waals surface area (Å²) < 4.78 is 10.0. The molecule has 1 atom stereocenters. The van der Waals surface area contributed by atoms with Gasteiger partial charge in [-0.25, -0.2) is 4.98 Å². The van der Waals surface area contributed by atoms with E-state index in [0.29, 0.717) is 22.8 Å². The largest absolute Gasteiger partial charge is 0.497 e. The van der Waals surface area contributed by atoms with Crippen molar-refractivity contribution in [3.05, 3.63) is 53.7 Å². The summed E-state index contributed by atoms with van der Waals surface area (Å²) >= 11 is 0. The van der Waals surface area contributed by atoms with Crippen LogP contribution in [0.4, 0.5) is 0 Å². The molecule has 0 radical (unpaired) electrons. The van der Waals surface area contributed by atoms with Crippen molar-refractivity contribution >= 4 is 5.78 Å². The number of Topliss-reactive ketones (excluding diaryl/α,β-unsaturated/α-hetero) is 1. The van der Waals surface area contributed by atoms with Gasteiger partial charge < -0.3 is 9.47 Å². The molecule has 0 aliphatic rings. The highest BCUT2D eigenvalue weighted by atomic mass is 16.5. The summed E-state index contributed by atoms with van der Waals surface area (Å²) in [7, 11) is 3.06. The molecule has 2 aromatic rings. The van der Waals surface area contributed by atoms with Gasteiger partial charge in [-0.15, -0.1) is 0 Å². The van der Waals surface area contributed by atoms with Gasteiger partial charge >= 0.3 is 0 Å². The first-order valence-corrected chi connectivity index (χ1v) is 6.27. The number of aromatic nitrogens is 1. The zero-order valence-corrected chi connectivity index (χ0v) is 11.7. The van der Waals surface area contributed by atoms with Crippen LogP contribution in [0, 0.1) is 11.3 Å². The number of benzene rings is 1. The van der Waals surface area contributed by atoms with Crippen LogP contribution in [0.3, 0.4) is 0 Å². The molecule has 106 valence electrons. The molecule has 5 heteroatoms. The lowest BCUT2D eigenvalue weighted by Gasteiger charge is -2.09. The van der Waals surface area contributed by atoms with Crippen LogP contribution in [0.1, 0.15) is 21.8 Å². The standard InChI is InChI=1S/C16H14N2O3/c1-20-13-6-3-11(4-7-13)14(9-17)16(19)12-5-8-15(21-2)18-10-12/h3-8,10,14H,1-2H3. The molecule has 5 nitrogen and oxygen atoms in total. The van der Waals surface area contributed by atoms with Crippen molar-refractivity contribution in [2.45, 2.75) is 5.92 Å². The maximum atomic E-state index is 12.4. The number of rotatable bonds is 5. The predicted molar refractivity (Wildman–Crippen MR) is 76.5 cm³/mol. The molecule has 0 saturated heterocycles. The Morgan fingerprint density at radius 2 is 1.86 bits per heavy atom. The number of ether oxygens (including phenoxy) is 2. The highest BCUT2D eigenvalue weighted by molar-refractivity contribution is 6.02. The minimum Gasteiger partial charge on any atom is -0.497 e. The van der Waals surface area contributed by atoms with Crippen LogP contribution in [-0.4, -0.2) is 25.0 Å². The summed E-state index contributed by atoms with van der Waals surface area (Å²) in [5, 5.41) is 9.29. The molecule has 0 fully saturated rings. The van der Waals surface area contributed by atoms with Crippen LogP contribution in [0.25, 0.3) is 0 Å². The monoisotopic (exact) mass is 282 g/mol. The molecule has 0 saturated carbocycles. The van der Waals surface area contributed by atoms with Gasteiger partial charge in [0.1, 0.15) is 11.7 Å². The quantitative estimate of drug-likeness (QED) is 0.788. The lowest BCUT2D eigenvalue weighted by molar-refractivity contribution is 0.0978. The molecule has 0 amide bonds. The third-order valence-corrected chi connectivity index (χ3v) is 3.07. The molecule has 0 spiro atoms. The summed E-state index contributed by atoms with van der Waals surface area (Å²) in [6.45, 7) is 0. The van der Waals surface area contributed by atoms with Crippen LogP contribution in [0.2, 0.25) is 0 Å². The number of methoxy groups -OCH3 is 2. The van der Waals surface area contributed by atoms with Crippen molar-refractivity contribution in [2.75, 3.05) is 14.2 Å². The van der Waals surface area contributed by atoms with Crippen LogP contribution in [0.5, 0.6) is 11.6 Å². The van der Waals surface area contributed by atoms with Crippen LogP contribution in [0.15, 0.2) is 42.6 Å². The van der Waals surface area contributed by atoms with Crippen molar-refractivity contribution in [1.29, 1.82) is 5.26 Å². The number of carbonyl (C=O) groups is 1. The van der Waals surface area contributed by atoms with Gasteiger partial charge in [0.15, 0.2) is 5.78 Å². The van der Waals surface area contributed by atoms with Gasteiger partial charge in [-0.05, 0) is 23.8 Å². The summed E-state index contributed by atoms with van der Waals surface area (Å²) in [4.78, 5) is 16.4. The van der Waals surface area contributed by atoms with E-state index in [0.717, 1.165) is 0 Å². The highest BCUT2D eigenvalue weighted by Gasteiger charge is 2.22. The second-order valence-electron chi connectivity index (χ2n) is 4.29. The maximum absolute atomic E-state index is 12.4. The minimum atomic E-state index is -0.869. The van der Waals surface area contributed by atoms with E-state index in [9.17, 15) is 10.1 Å². The Morgan fingerprint density at radius 3 is 2.33 bits per heavy atom. The van der Waals surface area contributed by atoms with Crippen LogP contribution in [-0.2, 0) is 0 Å². The molecule has 0 bridgehead atoms. The molecule has 1 aromatic heterocycles. The smallest absolute Gasteiger partial charge is 0.212 e. The van der Waals surface area contributed by atoms with Crippen molar-refractivity contribution < 1.29 is 14.3 Å². The SMILES string of the molecule is COc1ccc(C(C#N)C(=O)c2ccc(OC)nc2)cc1. The summed E-state index contributed by atoms with van der Waals surface area (Å²) in [6, 6.07) is 12.1. The Kier molecular flexibility index (Phi) is 4.52. The van der Waals surface area contributed by atoms with E-state index in [1.54, 1.807) is 43.5 Å². The predicted octanol–water partition coefficient (Wildman–Crippen LogP) is 2.59. The average molecular weight is 282 g/mol. The fraction of sp³-hybridized carbons (Fsp3) is 0.188. The summed E-state index contributed by atoms with van der Waals surface area (Å²) in [6.07, 6.45) is 1.41. The summed E-state index contributed by atoms with van der Waals surface area (Å²) in [5.74, 6) is -0.0672. The van der Waals surface area contributed by atoms with E-state index < -0.39 is 5.92 Å². The number of nitriles is 1. The van der Waals surface area contributed by atoms with Crippen LogP contribution < -0.4 is 9.47 Å². The zero-order chi connectivity index (χ0) is 15.2. The van der Waals surface area contributed by atoms with Gasteiger partial charge in [-0.1, -0.05) is 12.1 Å². The zero-order valence-electron chi connectivity index (χ0n) is 11.7. The maximum Gasteiger partial charge on any atom is 0.212 e. The Hall–Kier alpha value is -2.87. The molecular weight excluding hydrogens is 268 g/mol. The third-order valence-electron chi connectivity index (χ3n) is 3.07. The van der Waals surface area contributed by atoms with Gasteiger partial charge in [0.25, 0.3) is 0 Å². The van der Waals surface area contributed by atoms with Gasteiger partial charge in [-0.2, -0.15) is 5.26 Å². The molecule has 1 heterocycles. The van der Waals surface area contributed by atoms with Crippen molar-refractivity contribution in [3.63, 3.8) is 0 Å². The first kappa shape index (κ1) is 14.5. The van der Waals surface area contributed by atoms with Crippen molar-refractivity contribution in [3.8, 4) is 17.7 Å². The first-order chi connectivity index (χ1) is 10.2.